The van der Waals surface area contributed by atoms with Crippen molar-refractivity contribution in [2.75, 3.05) is 5.73 Å². The normalized spacial score (nSPS) is 11.1. The van der Waals surface area contributed by atoms with Crippen molar-refractivity contribution in [3.8, 4) is 16.9 Å². The third-order valence-corrected chi connectivity index (χ3v) is 4.11. The van der Waals surface area contributed by atoms with Gasteiger partial charge in [0.1, 0.15) is 5.75 Å². The number of benzene rings is 4. The van der Waals surface area contributed by atoms with E-state index in [1.54, 1.807) is 6.07 Å². The van der Waals surface area contributed by atoms with E-state index in [9.17, 15) is 5.11 Å². The summed E-state index contributed by atoms with van der Waals surface area (Å²) in [6.07, 6.45) is 0. The highest BCUT2D eigenvalue weighted by molar-refractivity contribution is 6.11. The average molecular weight is 285 g/mol. The van der Waals surface area contributed by atoms with Gasteiger partial charge in [-0.25, -0.2) is 0 Å². The van der Waals surface area contributed by atoms with Crippen molar-refractivity contribution >= 4 is 27.2 Å². The lowest BCUT2D eigenvalue weighted by molar-refractivity contribution is 0.478. The summed E-state index contributed by atoms with van der Waals surface area (Å²) < 4.78 is 0. The maximum atomic E-state index is 10.5. The minimum atomic E-state index is 0.273. The molecule has 0 amide bonds. The number of phenolic OH excluding ortho intramolecular Hbond substituents is 1. The van der Waals surface area contributed by atoms with E-state index in [2.05, 4.69) is 0 Å². The lowest BCUT2D eigenvalue weighted by atomic mass is 9.92. The Morgan fingerprint density at radius 2 is 1.41 bits per heavy atom. The van der Waals surface area contributed by atoms with Gasteiger partial charge in [-0.3, -0.25) is 0 Å². The van der Waals surface area contributed by atoms with Crippen LogP contribution in [0.25, 0.3) is 32.7 Å². The lowest BCUT2D eigenvalue weighted by Crippen LogP contribution is -1.90. The molecule has 0 radical (unpaired) electrons. The van der Waals surface area contributed by atoms with E-state index in [-0.39, 0.29) is 5.75 Å². The maximum Gasteiger partial charge on any atom is 0.124 e. The molecular formula is C20H15NO. The van der Waals surface area contributed by atoms with Crippen LogP contribution in [-0.4, -0.2) is 5.11 Å². The Morgan fingerprint density at radius 1 is 0.682 bits per heavy atom. The molecule has 0 spiro atoms. The van der Waals surface area contributed by atoms with Gasteiger partial charge in [0.15, 0.2) is 0 Å². The zero-order valence-corrected chi connectivity index (χ0v) is 12.0. The molecule has 0 atom stereocenters. The molecule has 4 aromatic carbocycles. The Hall–Kier alpha value is -3.00. The SMILES string of the molecule is Nc1cccc2cccc(-c3c(O)ccc4ccccc34)c12. The van der Waals surface area contributed by atoms with E-state index >= 15 is 0 Å². The van der Waals surface area contributed by atoms with E-state index in [0.717, 1.165) is 38.4 Å². The van der Waals surface area contributed by atoms with Gasteiger partial charge in [0.05, 0.1) is 0 Å². The number of nitrogens with two attached hydrogens (primary N) is 1. The number of rotatable bonds is 1. The molecule has 0 unspecified atom stereocenters. The van der Waals surface area contributed by atoms with Gasteiger partial charge in [-0.05, 0) is 33.9 Å². The zero-order chi connectivity index (χ0) is 15.1. The Labute approximate surface area is 128 Å². The Bertz CT molecular complexity index is 1000. The predicted molar refractivity (Wildman–Crippen MR) is 93.0 cm³/mol. The monoisotopic (exact) mass is 285 g/mol. The van der Waals surface area contributed by atoms with Gasteiger partial charge in [0, 0.05) is 16.6 Å². The summed E-state index contributed by atoms with van der Waals surface area (Å²) in [5, 5.41) is 14.7. The summed E-state index contributed by atoms with van der Waals surface area (Å²) in [5.41, 5.74) is 8.73. The molecule has 22 heavy (non-hydrogen) atoms. The first-order valence-corrected chi connectivity index (χ1v) is 7.24. The largest absolute Gasteiger partial charge is 0.507 e. The van der Waals surface area contributed by atoms with Crippen molar-refractivity contribution in [2.24, 2.45) is 0 Å². The number of anilines is 1. The molecule has 0 aliphatic heterocycles. The summed E-state index contributed by atoms with van der Waals surface area (Å²) in [6, 6.07) is 23.7. The zero-order valence-electron chi connectivity index (χ0n) is 12.0. The highest BCUT2D eigenvalue weighted by Gasteiger charge is 2.13. The van der Waals surface area contributed by atoms with Crippen LogP contribution < -0.4 is 5.73 Å². The van der Waals surface area contributed by atoms with Crippen LogP contribution in [0.4, 0.5) is 5.69 Å². The van der Waals surface area contributed by atoms with Crippen molar-refractivity contribution in [2.45, 2.75) is 0 Å². The molecule has 3 N–H and O–H groups in total. The van der Waals surface area contributed by atoms with Gasteiger partial charge in [-0.2, -0.15) is 0 Å². The van der Waals surface area contributed by atoms with Gasteiger partial charge in [-0.15, -0.1) is 0 Å². The fourth-order valence-electron chi connectivity index (χ4n) is 3.12. The second-order valence-corrected chi connectivity index (χ2v) is 5.43. The van der Waals surface area contributed by atoms with E-state index in [1.807, 2.05) is 66.7 Å². The number of hydrogen-bond acceptors (Lipinski definition) is 2. The van der Waals surface area contributed by atoms with Crippen LogP contribution in [0.1, 0.15) is 0 Å². The summed E-state index contributed by atoms with van der Waals surface area (Å²) in [4.78, 5) is 0. The molecule has 0 saturated carbocycles. The van der Waals surface area contributed by atoms with Gasteiger partial charge in [0.2, 0.25) is 0 Å². The smallest absolute Gasteiger partial charge is 0.124 e. The number of hydrogen-bond donors (Lipinski definition) is 2. The Morgan fingerprint density at radius 3 is 2.27 bits per heavy atom. The number of fused-ring (bicyclic) bond motifs is 2. The number of phenols is 1. The molecule has 0 bridgehead atoms. The summed E-state index contributed by atoms with van der Waals surface area (Å²) in [5.74, 6) is 0.273. The maximum absolute atomic E-state index is 10.5. The number of aromatic hydroxyl groups is 1. The van der Waals surface area contributed by atoms with Crippen molar-refractivity contribution in [1.82, 2.24) is 0 Å². The highest BCUT2D eigenvalue weighted by Crippen LogP contribution is 2.41. The third-order valence-electron chi connectivity index (χ3n) is 4.11. The van der Waals surface area contributed by atoms with Crippen LogP contribution in [0.15, 0.2) is 72.8 Å². The standard InChI is InChI=1S/C20H15NO/c21-17-10-4-7-14-6-3-9-16(19(14)17)20-15-8-2-1-5-13(15)11-12-18(20)22/h1-12,22H,21H2. The first kappa shape index (κ1) is 12.7. The first-order chi connectivity index (χ1) is 10.8. The number of nitrogen functional groups attached to an aromatic ring is 1. The molecule has 0 saturated heterocycles. The van der Waals surface area contributed by atoms with E-state index in [0.29, 0.717) is 0 Å². The summed E-state index contributed by atoms with van der Waals surface area (Å²) in [7, 11) is 0. The molecule has 0 aromatic heterocycles. The molecule has 2 nitrogen and oxygen atoms in total. The minimum absolute atomic E-state index is 0.273. The van der Waals surface area contributed by atoms with Crippen LogP contribution in [0.2, 0.25) is 0 Å². The quantitative estimate of drug-likeness (QED) is 0.486. The second kappa shape index (κ2) is 4.78. The fraction of sp³-hybridized carbons (Fsp3) is 0. The van der Waals surface area contributed by atoms with Crippen molar-refractivity contribution in [1.29, 1.82) is 0 Å². The van der Waals surface area contributed by atoms with E-state index in [1.165, 1.54) is 0 Å². The Kier molecular flexibility index (Phi) is 2.76. The van der Waals surface area contributed by atoms with Crippen molar-refractivity contribution in [3.63, 3.8) is 0 Å². The topological polar surface area (TPSA) is 46.2 Å². The molecule has 4 aromatic rings. The van der Waals surface area contributed by atoms with Crippen molar-refractivity contribution in [3.05, 3.63) is 72.8 Å². The predicted octanol–water partition coefficient (Wildman–Crippen LogP) is 4.95. The molecule has 2 heteroatoms. The van der Waals surface area contributed by atoms with Gasteiger partial charge in [0.25, 0.3) is 0 Å². The third kappa shape index (κ3) is 1.81. The Balaban J connectivity index is 2.19. The molecule has 0 fully saturated rings. The van der Waals surface area contributed by atoms with E-state index in [4.69, 9.17) is 5.73 Å². The van der Waals surface area contributed by atoms with Gasteiger partial charge >= 0.3 is 0 Å². The fourth-order valence-corrected chi connectivity index (χ4v) is 3.12. The molecule has 0 aliphatic rings. The van der Waals surface area contributed by atoms with Crippen LogP contribution in [-0.2, 0) is 0 Å². The molecule has 0 aliphatic carbocycles. The minimum Gasteiger partial charge on any atom is -0.507 e. The first-order valence-electron chi connectivity index (χ1n) is 7.24. The molecule has 106 valence electrons. The molecular weight excluding hydrogens is 270 g/mol. The highest BCUT2D eigenvalue weighted by atomic mass is 16.3. The molecule has 0 heterocycles. The van der Waals surface area contributed by atoms with Crippen molar-refractivity contribution < 1.29 is 5.11 Å². The second-order valence-electron chi connectivity index (χ2n) is 5.43. The molecule has 4 rings (SSSR count). The summed E-state index contributed by atoms with van der Waals surface area (Å²) in [6.45, 7) is 0. The lowest BCUT2D eigenvalue weighted by Gasteiger charge is -2.13. The average Bonchev–Trinajstić information content (AvgIpc) is 2.55. The van der Waals surface area contributed by atoms with Gasteiger partial charge in [-0.1, -0.05) is 60.7 Å². The van der Waals surface area contributed by atoms with Gasteiger partial charge < -0.3 is 10.8 Å². The van der Waals surface area contributed by atoms with Crippen LogP contribution in [0.3, 0.4) is 0 Å². The van der Waals surface area contributed by atoms with Crippen LogP contribution in [0, 0.1) is 0 Å². The summed E-state index contributed by atoms with van der Waals surface area (Å²) >= 11 is 0. The van der Waals surface area contributed by atoms with Crippen LogP contribution in [0.5, 0.6) is 5.75 Å². The van der Waals surface area contributed by atoms with E-state index < -0.39 is 0 Å². The van der Waals surface area contributed by atoms with Crippen LogP contribution >= 0.6 is 0 Å².